The molecule has 7 nitrogen and oxygen atoms in total. The number of ether oxygens (including phenoxy) is 1. The first kappa shape index (κ1) is 18.1. The Morgan fingerprint density at radius 1 is 1.32 bits per heavy atom. The quantitative estimate of drug-likeness (QED) is 0.882. The Hall–Kier alpha value is -1.67. The molecule has 1 aliphatic heterocycles. The summed E-state index contributed by atoms with van der Waals surface area (Å²) in [6, 6.07) is 0. The van der Waals surface area contributed by atoms with Gasteiger partial charge in [-0.25, -0.2) is 9.78 Å². The second-order valence-corrected chi connectivity index (χ2v) is 7.83. The molecule has 0 saturated carbocycles. The molecule has 1 aromatic heterocycles. The summed E-state index contributed by atoms with van der Waals surface area (Å²) in [6.45, 7) is 7.32. The molecule has 1 fully saturated rings. The third-order valence-corrected chi connectivity index (χ3v) is 5.73. The van der Waals surface area contributed by atoms with E-state index in [9.17, 15) is 9.59 Å². The smallest absolute Gasteiger partial charge is 0.409 e. The molecule has 8 heteroatoms. The lowest BCUT2D eigenvalue weighted by Gasteiger charge is -2.33. The average Bonchev–Trinajstić information content (AvgIpc) is 2.96. The number of hydrogen-bond donors (Lipinski definition) is 1. The number of piperazine rings is 1. The SMILES string of the molecule is CCOC(=O)N1CCN(CC(=O)Nc2nc3c(s2)CC(C)CC3)CC1. The van der Waals surface area contributed by atoms with Crippen molar-refractivity contribution in [1.82, 2.24) is 14.8 Å². The minimum atomic E-state index is -0.269. The first-order valence-electron chi connectivity index (χ1n) is 8.97. The summed E-state index contributed by atoms with van der Waals surface area (Å²) < 4.78 is 5.01. The van der Waals surface area contributed by atoms with E-state index in [1.165, 1.54) is 11.3 Å². The number of amides is 2. The van der Waals surface area contributed by atoms with Crippen LogP contribution in [0.2, 0.25) is 0 Å². The normalized spacial score (nSPS) is 20.9. The summed E-state index contributed by atoms with van der Waals surface area (Å²) in [4.78, 5) is 33.6. The van der Waals surface area contributed by atoms with E-state index in [4.69, 9.17) is 4.74 Å². The Morgan fingerprint density at radius 3 is 2.80 bits per heavy atom. The van der Waals surface area contributed by atoms with Crippen LogP contribution in [0.3, 0.4) is 0 Å². The Morgan fingerprint density at radius 2 is 2.08 bits per heavy atom. The Labute approximate surface area is 152 Å². The second kappa shape index (κ2) is 8.14. The van der Waals surface area contributed by atoms with Gasteiger partial charge in [-0.1, -0.05) is 6.92 Å². The fraction of sp³-hybridized carbons (Fsp3) is 0.706. The number of hydrogen-bond acceptors (Lipinski definition) is 6. The van der Waals surface area contributed by atoms with Gasteiger partial charge in [-0.05, 0) is 32.1 Å². The van der Waals surface area contributed by atoms with E-state index in [1.807, 2.05) is 0 Å². The van der Waals surface area contributed by atoms with Crippen LogP contribution in [-0.4, -0.2) is 66.1 Å². The van der Waals surface area contributed by atoms with E-state index in [-0.39, 0.29) is 12.0 Å². The Kier molecular flexibility index (Phi) is 5.90. The van der Waals surface area contributed by atoms with E-state index >= 15 is 0 Å². The van der Waals surface area contributed by atoms with E-state index in [1.54, 1.807) is 23.2 Å². The lowest BCUT2D eigenvalue weighted by molar-refractivity contribution is -0.117. The maximum Gasteiger partial charge on any atom is 0.409 e. The third kappa shape index (κ3) is 4.70. The van der Waals surface area contributed by atoms with Gasteiger partial charge in [0.2, 0.25) is 5.91 Å². The molecular formula is C17H26N4O3S. The number of fused-ring (bicyclic) bond motifs is 1. The minimum absolute atomic E-state index is 0.0382. The number of carbonyl (C=O) groups excluding carboxylic acids is 2. The van der Waals surface area contributed by atoms with Gasteiger partial charge >= 0.3 is 6.09 Å². The minimum Gasteiger partial charge on any atom is -0.450 e. The zero-order chi connectivity index (χ0) is 17.8. The summed E-state index contributed by atoms with van der Waals surface area (Å²) in [5, 5.41) is 3.65. The molecule has 1 unspecified atom stereocenters. The predicted octanol–water partition coefficient (Wildman–Crippen LogP) is 1.98. The topological polar surface area (TPSA) is 74.8 Å². The molecule has 2 aliphatic rings. The maximum absolute atomic E-state index is 12.3. The molecule has 1 aliphatic carbocycles. The molecule has 1 atom stereocenters. The number of carbonyl (C=O) groups is 2. The van der Waals surface area contributed by atoms with E-state index in [0.717, 1.165) is 18.5 Å². The molecular weight excluding hydrogens is 340 g/mol. The molecule has 0 radical (unpaired) electrons. The van der Waals surface area contributed by atoms with Crippen molar-refractivity contribution in [1.29, 1.82) is 0 Å². The molecule has 25 heavy (non-hydrogen) atoms. The van der Waals surface area contributed by atoms with E-state index in [0.29, 0.717) is 50.4 Å². The van der Waals surface area contributed by atoms with Gasteiger partial charge in [0.05, 0.1) is 18.8 Å². The van der Waals surface area contributed by atoms with Gasteiger partial charge in [-0.2, -0.15) is 0 Å². The summed E-state index contributed by atoms with van der Waals surface area (Å²) >= 11 is 1.61. The molecule has 3 rings (SSSR count). The molecule has 2 amide bonds. The Bertz CT molecular complexity index is 625. The number of aryl methyl sites for hydroxylation is 1. The highest BCUT2D eigenvalue weighted by molar-refractivity contribution is 7.15. The van der Waals surface area contributed by atoms with Crippen molar-refractivity contribution >= 4 is 28.5 Å². The molecule has 1 N–H and O–H groups in total. The van der Waals surface area contributed by atoms with Crippen molar-refractivity contribution in [2.24, 2.45) is 5.92 Å². The number of aromatic nitrogens is 1. The number of rotatable bonds is 4. The highest BCUT2D eigenvalue weighted by atomic mass is 32.1. The molecule has 1 saturated heterocycles. The van der Waals surface area contributed by atoms with Gasteiger partial charge in [0, 0.05) is 31.1 Å². The van der Waals surface area contributed by atoms with Gasteiger partial charge in [-0.15, -0.1) is 11.3 Å². The van der Waals surface area contributed by atoms with Crippen molar-refractivity contribution in [2.45, 2.75) is 33.1 Å². The molecule has 1 aromatic rings. The molecule has 0 aromatic carbocycles. The van der Waals surface area contributed by atoms with Crippen LogP contribution in [0.4, 0.5) is 9.93 Å². The monoisotopic (exact) mass is 366 g/mol. The van der Waals surface area contributed by atoms with Crippen LogP contribution in [0.5, 0.6) is 0 Å². The summed E-state index contributed by atoms with van der Waals surface area (Å²) in [6.07, 6.45) is 2.99. The predicted molar refractivity (Wildman–Crippen MR) is 97.0 cm³/mol. The van der Waals surface area contributed by atoms with Crippen LogP contribution >= 0.6 is 11.3 Å². The second-order valence-electron chi connectivity index (χ2n) is 6.75. The summed E-state index contributed by atoms with van der Waals surface area (Å²) in [5.74, 6) is 0.663. The van der Waals surface area contributed by atoms with Crippen LogP contribution in [0.15, 0.2) is 0 Å². The number of nitrogens with one attached hydrogen (secondary N) is 1. The number of thiazole rings is 1. The molecule has 0 bridgehead atoms. The van der Waals surface area contributed by atoms with Crippen molar-refractivity contribution in [3.63, 3.8) is 0 Å². The molecule has 138 valence electrons. The maximum atomic E-state index is 12.3. The van der Waals surface area contributed by atoms with Gasteiger partial charge < -0.3 is 15.0 Å². The van der Waals surface area contributed by atoms with Crippen molar-refractivity contribution in [2.75, 3.05) is 44.6 Å². The van der Waals surface area contributed by atoms with Crippen LogP contribution in [0.1, 0.15) is 30.8 Å². The first-order chi connectivity index (χ1) is 12.0. The fourth-order valence-corrected chi connectivity index (χ4v) is 4.45. The van der Waals surface area contributed by atoms with Gasteiger partial charge in [-0.3, -0.25) is 9.69 Å². The van der Waals surface area contributed by atoms with Crippen molar-refractivity contribution in [3.8, 4) is 0 Å². The lowest BCUT2D eigenvalue weighted by Crippen LogP contribution is -2.50. The average molecular weight is 366 g/mol. The largest absolute Gasteiger partial charge is 0.450 e. The summed E-state index contributed by atoms with van der Waals surface area (Å²) in [7, 11) is 0. The highest BCUT2D eigenvalue weighted by Gasteiger charge is 2.24. The number of anilines is 1. The molecule has 0 spiro atoms. The molecule has 2 heterocycles. The van der Waals surface area contributed by atoms with Crippen LogP contribution < -0.4 is 5.32 Å². The van der Waals surface area contributed by atoms with Crippen LogP contribution in [-0.2, 0) is 22.4 Å². The van der Waals surface area contributed by atoms with Gasteiger partial charge in [0.25, 0.3) is 0 Å². The van der Waals surface area contributed by atoms with Gasteiger partial charge in [0.15, 0.2) is 5.13 Å². The van der Waals surface area contributed by atoms with Crippen LogP contribution in [0.25, 0.3) is 0 Å². The number of nitrogens with zero attached hydrogens (tertiary/aromatic N) is 3. The van der Waals surface area contributed by atoms with Crippen molar-refractivity contribution < 1.29 is 14.3 Å². The Balaban J connectivity index is 1.45. The van der Waals surface area contributed by atoms with E-state index < -0.39 is 0 Å². The zero-order valence-electron chi connectivity index (χ0n) is 14.9. The fourth-order valence-electron chi connectivity index (χ4n) is 3.26. The van der Waals surface area contributed by atoms with E-state index in [2.05, 4.69) is 22.1 Å². The van der Waals surface area contributed by atoms with Crippen LogP contribution in [0, 0.1) is 5.92 Å². The van der Waals surface area contributed by atoms with Gasteiger partial charge in [0.1, 0.15) is 0 Å². The first-order valence-corrected chi connectivity index (χ1v) is 9.79. The highest BCUT2D eigenvalue weighted by Crippen LogP contribution is 2.32. The third-order valence-electron chi connectivity index (χ3n) is 4.70. The van der Waals surface area contributed by atoms with Crippen molar-refractivity contribution in [3.05, 3.63) is 10.6 Å². The standard InChI is InChI=1S/C17H26N4O3S/c1-3-24-17(23)21-8-6-20(7-9-21)11-15(22)19-16-18-13-5-4-12(2)10-14(13)25-16/h12H,3-11H2,1-2H3,(H,18,19,22). The zero-order valence-corrected chi connectivity index (χ0v) is 15.7. The lowest BCUT2D eigenvalue weighted by atomic mass is 9.93. The summed E-state index contributed by atoms with van der Waals surface area (Å²) in [5.41, 5.74) is 1.15.